The summed E-state index contributed by atoms with van der Waals surface area (Å²) in [4.78, 5) is 0. The fourth-order valence-electron chi connectivity index (χ4n) is 1.72. The van der Waals surface area contributed by atoms with E-state index < -0.39 is 5.60 Å². The smallest absolute Gasteiger partial charge is 0.124 e. The van der Waals surface area contributed by atoms with Crippen molar-refractivity contribution in [3.8, 4) is 5.75 Å². The molecule has 1 aliphatic carbocycles. The fraction of sp³-hybridized carbons (Fsp3) is 0.500. The zero-order valence-electron chi connectivity index (χ0n) is 9.12. The molecule has 0 atom stereocenters. The lowest BCUT2D eigenvalue weighted by Crippen LogP contribution is -2.05. The van der Waals surface area contributed by atoms with Crippen LogP contribution < -0.4 is 4.74 Å². The molecular formula is C12H16O3. The van der Waals surface area contributed by atoms with Gasteiger partial charge in [-0.05, 0) is 24.5 Å². The van der Waals surface area contributed by atoms with Crippen LogP contribution in [0.3, 0.4) is 0 Å². The van der Waals surface area contributed by atoms with Crippen LogP contribution in [-0.4, -0.2) is 19.3 Å². The lowest BCUT2D eigenvalue weighted by atomic mass is 10.0. The second-order valence-electron chi connectivity index (χ2n) is 3.99. The van der Waals surface area contributed by atoms with Crippen LogP contribution in [-0.2, 0) is 16.9 Å². The molecule has 1 aliphatic rings. The highest BCUT2D eigenvalue weighted by atomic mass is 16.5. The summed E-state index contributed by atoms with van der Waals surface area (Å²) in [5, 5.41) is 9.95. The Hall–Kier alpha value is -1.06. The van der Waals surface area contributed by atoms with Gasteiger partial charge in [-0.2, -0.15) is 0 Å². The predicted octanol–water partition coefficient (Wildman–Crippen LogP) is 1.82. The van der Waals surface area contributed by atoms with Crippen molar-refractivity contribution in [2.45, 2.75) is 25.0 Å². The second kappa shape index (κ2) is 3.83. The maximum Gasteiger partial charge on any atom is 0.124 e. The molecule has 0 aliphatic heterocycles. The van der Waals surface area contributed by atoms with Gasteiger partial charge in [-0.25, -0.2) is 0 Å². The number of aliphatic hydroxyl groups is 1. The van der Waals surface area contributed by atoms with Gasteiger partial charge in [-0.15, -0.1) is 0 Å². The molecule has 82 valence electrons. The first-order chi connectivity index (χ1) is 7.19. The van der Waals surface area contributed by atoms with Gasteiger partial charge in [0, 0.05) is 12.7 Å². The van der Waals surface area contributed by atoms with E-state index in [1.54, 1.807) is 14.2 Å². The largest absolute Gasteiger partial charge is 0.496 e. The third-order valence-electron chi connectivity index (χ3n) is 2.85. The van der Waals surface area contributed by atoms with E-state index in [0.717, 1.165) is 29.7 Å². The summed E-state index contributed by atoms with van der Waals surface area (Å²) in [6, 6.07) is 5.80. The van der Waals surface area contributed by atoms with Crippen molar-refractivity contribution in [1.29, 1.82) is 0 Å². The molecule has 0 spiro atoms. The summed E-state index contributed by atoms with van der Waals surface area (Å²) in [6.07, 6.45) is 1.69. The van der Waals surface area contributed by atoms with Crippen molar-refractivity contribution < 1.29 is 14.6 Å². The van der Waals surface area contributed by atoms with Crippen LogP contribution in [0.15, 0.2) is 18.2 Å². The van der Waals surface area contributed by atoms with E-state index >= 15 is 0 Å². The molecule has 0 bridgehead atoms. The van der Waals surface area contributed by atoms with Gasteiger partial charge in [0.05, 0.1) is 19.3 Å². The van der Waals surface area contributed by atoms with Crippen LogP contribution in [0.25, 0.3) is 0 Å². The molecule has 0 aromatic heterocycles. The molecule has 15 heavy (non-hydrogen) atoms. The van der Waals surface area contributed by atoms with Crippen LogP contribution in [0.1, 0.15) is 24.0 Å². The monoisotopic (exact) mass is 208 g/mol. The third kappa shape index (κ3) is 1.98. The van der Waals surface area contributed by atoms with Crippen molar-refractivity contribution in [3.63, 3.8) is 0 Å². The third-order valence-corrected chi connectivity index (χ3v) is 2.85. The van der Waals surface area contributed by atoms with Gasteiger partial charge < -0.3 is 14.6 Å². The summed E-state index contributed by atoms with van der Waals surface area (Å²) in [7, 11) is 3.29. The number of hydrogen-bond donors (Lipinski definition) is 1. The molecule has 0 heterocycles. The molecule has 0 unspecified atom stereocenters. The Morgan fingerprint density at radius 2 is 2.07 bits per heavy atom. The molecule has 1 aromatic rings. The molecule has 3 nitrogen and oxygen atoms in total. The van der Waals surface area contributed by atoms with E-state index in [0.29, 0.717) is 6.61 Å². The molecule has 3 heteroatoms. The Kier molecular flexibility index (Phi) is 2.67. The highest BCUT2D eigenvalue weighted by molar-refractivity contribution is 5.41. The standard InChI is InChI=1S/C12H16O3/c1-14-8-9-3-4-10(7-11(9)15-2)12(13)5-6-12/h3-4,7,13H,5-6,8H2,1-2H3. The molecule has 1 fully saturated rings. The quantitative estimate of drug-likeness (QED) is 0.820. The van der Waals surface area contributed by atoms with E-state index in [1.165, 1.54) is 0 Å². The Bertz CT molecular complexity index is 356. The van der Waals surface area contributed by atoms with Gasteiger partial charge in [-0.3, -0.25) is 0 Å². The SMILES string of the molecule is COCc1ccc(C2(O)CC2)cc1OC. The fourth-order valence-corrected chi connectivity index (χ4v) is 1.72. The lowest BCUT2D eigenvalue weighted by molar-refractivity contribution is 0.150. The first-order valence-electron chi connectivity index (χ1n) is 5.08. The zero-order valence-corrected chi connectivity index (χ0v) is 9.12. The minimum Gasteiger partial charge on any atom is -0.496 e. The summed E-state index contributed by atoms with van der Waals surface area (Å²) in [6.45, 7) is 0.530. The number of methoxy groups -OCH3 is 2. The topological polar surface area (TPSA) is 38.7 Å². The van der Waals surface area contributed by atoms with Gasteiger partial charge in [0.25, 0.3) is 0 Å². The van der Waals surface area contributed by atoms with E-state index in [-0.39, 0.29) is 0 Å². The van der Waals surface area contributed by atoms with Gasteiger partial charge in [-0.1, -0.05) is 12.1 Å². The molecule has 1 N–H and O–H groups in total. The van der Waals surface area contributed by atoms with Crippen LogP contribution in [0, 0.1) is 0 Å². The molecule has 2 rings (SSSR count). The van der Waals surface area contributed by atoms with Gasteiger partial charge in [0.2, 0.25) is 0 Å². The van der Waals surface area contributed by atoms with Crippen LogP contribution in [0.2, 0.25) is 0 Å². The van der Waals surface area contributed by atoms with Crippen LogP contribution in [0.4, 0.5) is 0 Å². The summed E-state index contributed by atoms with van der Waals surface area (Å²) < 4.78 is 10.3. The van der Waals surface area contributed by atoms with Gasteiger partial charge >= 0.3 is 0 Å². The van der Waals surface area contributed by atoms with Crippen molar-refractivity contribution in [2.24, 2.45) is 0 Å². The van der Waals surface area contributed by atoms with Gasteiger partial charge in [0.15, 0.2) is 0 Å². The minimum absolute atomic E-state index is 0.530. The first-order valence-corrected chi connectivity index (χ1v) is 5.08. The average Bonchev–Trinajstić information content (AvgIpc) is 2.99. The van der Waals surface area contributed by atoms with Crippen LogP contribution in [0.5, 0.6) is 5.75 Å². The maximum atomic E-state index is 9.95. The first kappa shape index (κ1) is 10.5. The molecule has 0 saturated heterocycles. The maximum absolute atomic E-state index is 9.95. The van der Waals surface area contributed by atoms with Crippen molar-refractivity contribution >= 4 is 0 Å². The Balaban J connectivity index is 2.30. The summed E-state index contributed by atoms with van der Waals surface area (Å²) in [5.41, 5.74) is 1.35. The normalized spacial score (nSPS) is 17.5. The molecule has 1 aromatic carbocycles. The van der Waals surface area contributed by atoms with E-state index in [4.69, 9.17) is 9.47 Å². The Morgan fingerprint density at radius 1 is 1.33 bits per heavy atom. The van der Waals surface area contributed by atoms with Crippen LogP contribution >= 0.6 is 0 Å². The second-order valence-corrected chi connectivity index (χ2v) is 3.99. The van der Waals surface area contributed by atoms with E-state index in [9.17, 15) is 5.11 Å². The van der Waals surface area contributed by atoms with E-state index in [2.05, 4.69) is 0 Å². The van der Waals surface area contributed by atoms with E-state index in [1.807, 2.05) is 18.2 Å². The number of rotatable bonds is 4. The molecule has 1 saturated carbocycles. The molecular weight excluding hydrogens is 192 g/mol. The lowest BCUT2D eigenvalue weighted by Gasteiger charge is -2.13. The number of hydrogen-bond acceptors (Lipinski definition) is 3. The summed E-state index contributed by atoms with van der Waals surface area (Å²) >= 11 is 0. The Labute approximate surface area is 89.6 Å². The highest BCUT2D eigenvalue weighted by Crippen LogP contribution is 2.46. The molecule has 0 radical (unpaired) electrons. The van der Waals surface area contributed by atoms with Crippen molar-refractivity contribution in [3.05, 3.63) is 29.3 Å². The predicted molar refractivity (Wildman–Crippen MR) is 56.8 cm³/mol. The summed E-state index contributed by atoms with van der Waals surface area (Å²) in [5.74, 6) is 0.787. The highest BCUT2D eigenvalue weighted by Gasteiger charge is 2.42. The minimum atomic E-state index is -0.598. The number of ether oxygens (including phenoxy) is 2. The van der Waals surface area contributed by atoms with Crippen molar-refractivity contribution in [1.82, 2.24) is 0 Å². The Morgan fingerprint density at radius 3 is 2.60 bits per heavy atom. The molecule has 0 amide bonds. The average molecular weight is 208 g/mol. The van der Waals surface area contributed by atoms with Crippen molar-refractivity contribution in [2.75, 3.05) is 14.2 Å². The van der Waals surface area contributed by atoms with Gasteiger partial charge in [0.1, 0.15) is 5.75 Å². The zero-order chi connectivity index (χ0) is 10.9. The number of benzene rings is 1.